The lowest BCUT2D eigenvalue weighted by molar-refractivity contribution is 0.296. The Bertz CT molecular complexity index is 381. The molecule has 0 unspecified atom stereocenters. The monoisotopic (exact) mass is 260 g/mol. The number of hydrogen-bond acceptors (Lipinski definition) is 2. The maximum Gasteiger partial charge on any atom is 0.0400 e. The molecule has 0 amide bonds. The van der Waals surface area contributed by atoms with Crippen LogP contribution in [0, 0.1) is 20.8 Å². The predicted molar refractivity (Wildman–Crippen MR) is 84.1 cm³/mol. The fourth-order valence-corrected chi connectivity index (χ4v) is 3.16. The topological polar surface area (TPSA) is 15.3 Å². The second-order valence-corrected chi connectivity index (χ2v) is 5.96. The van der Waals surface area contributed by atoms with E-state index in [1.54, 1.807) is 0 Å². The average molecular weight is 260 g/mol. The Balaban J connectivity index is 1.85. The minimum Gasteiger partial charge on any atom is -0.383 e. The number of likely N-dealkylation sites (tertiary alicyclic amines) is 1. The second-order valence-electron chi connectivity index (χ2n) is 5.96. The SMILES string of the molecule is Cc1cc(C)c(NCCN2CCCCCC2)c(C)c1. The first-order valence-corrected chi connectivity index (χ1v) is 7.71. The molecule has 2 rings (SSSR count). The van der Waals surface area contributed by atoms with Gasteiger partial charge in [0.15, 0.2) is 0 Å². The first kappa shape index (κ1) is 14.4. The zero-order valence-corrected chi connectivity index (χ0v) is 12.8. The van der Waals surface area contributed by atoms with E-state index in [1.807, 2.05) is 0 Å². The molecule has 1 aliphatic rings. The zero-order chi connectivity index (χ0) is 13.7. The molecule has 1 aromatic carbocycles. The minimum absolute atomic E-state index is 1.06. The van der Waals surface area contributed by atoms with Gasteiger partial charge in [0.25, 0.3) is 0 Å². The number of hydrogen-bond donors (Lipinski definition) is 1. The van der Waals surface area contributed by atoms with Crippen molar-refractivity contribution in [2.45, 2.75) is 46.5 Å². The molecule has 19 heavy (non-hydrogen) atoms. The van der Waals surface area contributed by atoms with Gasteiger partial charge in [0.2, 0.25) is 0 Å². The van der Waals surface area contributed by atoms with Gasteiger partial charge in [-0.05, 0) is 57.8 Å². The van der Waals surface area contributed by atoms with E-state index < -0.39 is 0 Å². The summed E-state index contributed by atoms with van der Waals surface area (Å²) < 4.78 is 0. The molecule has 0 saturated carbocycles. The lowest BCUT2D eigenvalue weighted by atomic mass is 10.1. The fraction of sp³-hybridized carbons (Fsp3) is 0.647. The Hall–Kier alpha value is -1.02. The molecule has 1 saturated heterocycles. The van der Waals surface area contributed by atoms with Crippen molar-refractivity contribution in [2.75, 3.05) is 31.5 Å². The molecule has 1 heterocycles. The van der Waals surface area contributed by atoms with Gasteiger partial charge in [-0.25, -0.2) is 0 Å². The summed E-state index contributed by atoms with van der Waals surface area (Å²) in [6.45, 7) is 11.4. The highest BCUT2D eigenvalue weighted by Gasteiger charge is 2.09. The normalized spacial score (nSPS) is 17.2. The molecule has 2 heteroatoms. The van der Waals surface area contributed by atoms with E-state index >= 15 is 0 Å². The molecule has 1 aromatic rings. The third-order valence-corrected chi connectivity index (χ3v) is 4.11. The van der Waals surface area contributed by atoms with E-state index in [9.17, 15) is 0 Å². The number of nitrogens with one attached hydrogen (secondary N) is 1. The summed E-state index contributed by atoms with van der Waals surface area (Å²) in [6.07, 6.45) is 5.59. The summed E-state index contributed by atoms with van der Waals surface area (Å²) in [5.41, 5.74) is 5.43. The smallest absolute Gasteiger partial charge is 0.0400 e. The molecule has 0 bridgehead atoms. The van der Waals surface area contributed by atoms with Gasteiger partial charge in [0, 0.05) is 18.8 Å². The van der Waals surface area contributed by atoms with E-state index in [4.69, 9.17) is 0 Å². The molecule has 0 radical (unpaired) electrons. The maximum atomic E-state index is 3.63. The van der Waals surface area contributed by atoms with Gasteiger partial charge in [-0.1, -0.05) is 30.5 Å². The average Bonchev–Trinajstić information content (AvgIpc) is 2.61. The molecule has 1 N–H and O–H groups in total. The van der Waals surface area contributed by atoms with Gasteiger partial charge < -0.3 is 10.2 Å². The largest absolute Gasteiger partial charge is 0.383 e. The molecule has 0 spiro atoms. The fourth-order valence-electron chi connectivity index (χ4n) is 3.16. The molecular formula is C17H28N2. The van der Waals surface area contributed by atoms with Crippen molar-refractivity contribution in [3.8, 4) is 0 Å². The lowest BCUT2D eigenvalue weighted by Crippen LogP contribution is -2.30. The van der Waals surface area contributed by atoms with E-state index in [-0.39, 0.29) is 0 Å². The Kier molecular flexibility index (Phi) is 5.26. The number of anilines is 1. The van der Waals surface area contributed by atoms with Crippen LogP contribution in [0.25, 0.3) is 0 Å². The van der Waals surface area contributed by atoms with Gasteiger partial charge in [0.05, 0.1) is 0 Å². The third kappa shape index (κ3) is 4.24. The van der Waals surface area contributed by atoms with Gasteiger partial charge in [-0.3, -0.25) is 0 Å². The van der Waals surface area contributed by atoms with Crippen molar-refractivity contribution in [3.63, 3.8) is 0 Å². The van der Waals surface area contributed by atoms with Gasteiger partial charge >= 0.3 is 0 Å². The molecular weight excluding hydrogens is 232 g/mol. The highest BCUT2D eigenvalue weighted by molar-refractivity contribution is 5.58. The Morgan fingerprint density at radius 2 is 1.53 bits per heavy atom. The van der Waals surface area contributed by atoms with Gasteiger partial charge in [-0.15, -0.1) is 0 Å². The van der Waals surface area contributed by atoms with Crippen LogP contribution in [-0.4, -0.2) is 31.1 Å². The van der Waals surface area contributed by atoms with Crippen molar-refractivity contribution < 1.29 is 0 Å². The first-order valence-electron chi connectivity index (χ1n) is 7.71. The van der Waals surface area contributed by atoms with E-state index in [0.717, 1.165) is 6.54 Å². The standard InChI is InChI=1S/C17H28N2/c1-14-12-15(2)17(16(3)13-14)18-8-11-19-9-6-4-5-7-10-19/h12-13,18H,4-11H2,1-3H3. The van der Waals surface area contributed by atoms with E-state index in [1.165, 1.54) is 67.7 Å². The summed E-state index contributed by atoms with van der Waals surface area (Å²) in [5.74, 6) is 0. The highest BCUT2D eigenvalue weighted by atomic mass is 15.1. The van der Waals surface area contributed by atoms with Crippen LogP contribution in [0.1, 0.15) is 42.4 Å². The first-order chi connectivity index (χ1) is 9.16. The van der Waals surface area contributed by atoms with Crippen molar-refractivity contribution >= 4 is 5.69 Å². The number of benzene rings is 1. The summed E-state index contributed by atoms with van der Waals surface area (Å²) in [4.78, 5) is 2.61. The molecule has 0 atom stereocenters. The summed E-state index contributed by atoms with van der Waals surface area (Å²) >= 11 is 0. The van der Waals surface area contributed by atoms with Crippen LogP contribution in [0.4, 0.5) is 5.69 Å². The van der Waals surface area contributed by atoms with E-state index in [2.05, 4.69) is 43.1 Å². The summed E-state index contributed by atoms with van der Waals surface area (Å²) in [6, 6.07) is 4.53. The Morgan fingerprint density at radius 1 is 0.947 bits per heavy atom. The summed E-state index contributed by atoms with van der Waals surface area (Å²) in [5, 5.41) is 3.63. The number of nitrogens with zero attached hydrogens (tertiary/aromatic N) is 1. The van der Waals surface area contributed by atoms with Crippen molar-refractivity contribution in [2.24, 2.45) is 0 Å². The van der Waals surface area contributed by atoms with Crippen LogP contribution in [0.3, 0.4) is 0 Å². The number of rotatable bonds is 4. The molecule has 0 aromatic heterocycles. The quantitative estimate of drug-likeness (QED) is 0.883. The van der Waals surface area contributed by atoms with E-state index in [0.29, 0.717) is 0 Å². The van der Waals surface area contributed by atoms with Crippen LogP contribution in [0.2, 0.25) is 0 Å². The molecule has 106 valence electrons. The molecule has 1 aliphatic heterocycles. The van der Waals surface area contributed by atoms with Crippen molar-refractivity contribution in [3.05, 3.63) is 28.8 Å². The van der Waals surface area contributed by atoms with Crippen molar-refractivity contribution in [1.82, 2.24) is 4.90 Å². The third-order valence-electron chi connectivity index (χ3n) is 4.11. The maximum absolute atomic E-state index is 3.63. The van der Waals surface area contributed by atoms with Crippen LogP contribution >= 0.6 is 0 Å². The van der Waals surface area contributed by atoms with Gasteiger partial charge in [-0.2, -0.15) is 0 Å². The Labute approximate surface area is 118 Å². The molecule has 1 fully saturated rings. The lowest BCUT2D eigenvalue weighted by Gasteiger charge is -2.21. The summed E-state index contributed by atoms with van der Waals surface area (Å²) in [7, 11) is 0. The van der Waals surface area contributed by atoms with Crippen molar-refractivity contribution in [1.29, 1.82) is 0 Å². The second kappa shape index (κ2) is 6.95. The zero-order valence-electron chi connectivity index (χ0n) is 12.8. The minimum atomic E-state index is 1.06. The van der Waals surface area contributed by atoms with Gasteiger partial charge in [0.1, 0.15) is 0 Å². The van der Waals surface area contributed by atoms with Crippen LogP contribution in [-0.2, 0) is 0 Å². The van der Waals surface area contributed by atoms with Crippen LogP contribution < -0.4 is 5.32 Å². The number of aryl methyl sites for hydroxylation is 3. The van der Waals surface area contributed by atoms with Crippen LogP contribution in [0.15, 0.2) is 12.1 Å². The Morgan fingerprint density at radius 3 is 2.11 bits per heavy atom. The van der Waals surface area contributed by atoms with Crippen LogP contribution in [0.5, 0.6) is 0 Å². The molecule has 2 nitrogen and oxygen atoms in total. The predicted octanol–water partition coefficient (Wildman–Crippen LogP) is 3.90. The molecule has 0 aliphatic carbocycles. The highest BCUT2D eigenvalue weighted by Crippen LogP contribution is 2.21.